The van der Waals surface area contributed by atoms with E-state index in [4.69, 9.17) is 16.1 Å². The number of hydrogen-bond acceptors (Lipinski definition) is 4. The molecule has 4 rings (SSSR count). The van der Waals surface area contributed by atoms with Crippen LogP contribution in [0.5, 0.6) is 0 Å². The van der Waals surface area contributed by atoms with E-state index >= 15 is 0 Å². The van der Waals surface area contributed by atoms with Crippen LogP contribution in [0.15, 0.2) is 47.0 Å². The van der Waals surface area contributed by atoms with E-state index in [-0.39, 0.29) is 11.8 Å². The van der Waals surface area contributed by atoms with Crippen molar-refractivity contribution in [2.75, 3.05) is 11.4 Å². The molecule has 0 bridgehead atoms. The summed E-state index contributed by atoms with van der Waals surface area (Å²) in [5, 5.41) is 4.66. The van der Waals surface area contributed by atoms with E-state index in [1.807, 2.05) is 50.2 Å². The molecule has 1 amide bonds. The van der Waals surface area contributed by atoms with Crippen molar-refractivity contribution in [1.82, 2.24) is 10.1 Å². The Labute approximate surface area is 156 Å². The van der Waals surface area contributed by atoms with Gasteiger partial charge in [0.1, 0.15) is 0 Å². The fourth-order valence-corrected chi connectivity index (χ4v) is 3.68. The molecule has 1 aromatic heterocycles. The van der Waals surface area contributed by atoms with Crippen LogP contribution in [-0.4, -0.2) is 22.6 Å². The van der Waals surface area contributed by atoms with Crippen molar-refractivity contribution in [3.05, 3.63) is 64.5 Å². The second-order valence-electron chi connectivity index (χ2n) is 6.64. The molecule has 0 radical (unpaired) electrons. The minimum atomic E-state index is -0.135. The maximum absolute atomic E-state index is 12.6. The van der Waals surface area contributed by atoms with E-state index < -0.39 is 0 Å². The highest BCUT2D eigenvalue weighted by Gasteiger charge is 2.36. The predicted octanol–water partition coefficient (Wildman–Crippen LogP) is 4.53. The van der Waals surface area contributed by atoms with Crippen molar-refractivity contribution in [3.8, 4) is 11.4 Å². The summed E-state index contributed by atoms with van der Waals surface area (Å²) in [7, 11) is 0. The highest BCUT2D eigenvalue weighted by Crippen LogP contribution is 2.37. The van der Waals surface area contributed by atoms with Gasteiger partial charge in [-0.1, -0.05) is 52.7 Å². The zero-order valence-corrected chi connectivity index (χ0v) is 15.3. The second kappa shape index (κ2) is 6.57. The molecule has 3 aromatic rings. The first-order valence-corrected chi connectivity index (χ1v) is 8.87. The molecule has 0 N–H and O–H groups in total. The molecule has 132 valence electrons. The SMILES string of the molecule is Cc1cccc(-c2noc(C3CC(=O)N(c4c(C)cccc4Cl)C3)n2)c1. The molecule has 0 spiro atoms. The number of carbonyl (C=O) groups excluding carboxylic acids is 1. The first kappa shape index (κ1) is 16.8. The number of rotatable bonds is 3. The van der Waals surface area contributed by atoms with Crippen molar-refractivity contribution in [2.24, 2.45) is 0 Å². The van der Waals surface area contributed by atoms with E-state index in [1.54, 1.807) is 11.0 Å². The van der Waals surface area contributed by atoms with Crippen LogP contribution in [0.3, 0.4) is 0 Å². The summed E-state index contributed by atoms with van der Waals surface area (Å²) >= 11 is 6.32. The molecule has 1 unspecified atom stereocenters. The monoisotopic (exact) mass is 367 g/mol. The van der Waals surface area contributed by atoms with Crippen LogP contribution in [0.2, 0.25) is 5.02 Å². The fourth-order valence-electron chi connectivity index (χ4n) is 3.36. The molecular weight excluding hydrogens is 350 g/mol. The van der Waals surface area contributed by atoms with Crippen molar-refractivity contribution >= 4 is 23.2 Å². The van der Waals surface area contributed by atoms with Crippen LogP contribution < -0.4 is 4.90 Å². The standard InChI is InChI=1S/C20H18ClN3O2/c1-12-5-3-7-14(9-12)19-22-20(26-23-19)15-10-17(25)24(11-15)18-13(2)6-4-8-16(18)21/h3-9,15H,10-11H2,1-2H3. The van der Waals surface area contributed by atoms with Gasteiger partial charge < -0.3 is 9.42 Å². The van der Waals surface area contributed by atoms with Gasteiger partial charge in [0.05, 0.1) is 16.6 Å². The first-order chi connectivity index (χ1) is 12.5. The summed E-state index contributed by atoms with van der Waals surface area (Å²) in [6.07, 6.45) is 0.333. The lowest BCUT2D eigenvalue weighted by atomic mass is 10.1. The third kappa shape index (κ3) is 2.99. The number of anilines is 1. The Kier molecular flexibility index (Phi) is 4.24. The summed E-state index contributed by atoms with van der Waals surface area (Å²) in [6, 6.07) is 13.6. The van der Waals surface area contributed by atoms with Gasteiger partial charge in [-0.25, -0.2) is 0 Å². The van der Waals surface area contributed by atoms with E-state index in [9.17, 15) is 4.79 Å². The Morgan fingerprint density at radius 3 is 2.77 bits per heavy atom. The number of aromatic nitrogens is 2. The van der Waals surface area contributed by atoms with E-state index in [0.29, 0.717) is 29.7 Å². The van der Waals surface area contributed by atoms with Gasteiger partial charge in [0, 0.05) is 18.5 Å². The van der Waals surface area contributed by atoms with Gasteiger partial charge in [-0.3, -0.25) is 4.79 Å². The Morgan fingerprint density at radius 2 is 2.00 bits per heavy atom. The molecule has 1 aliphatic heterocycles. The van der Waals surface area contributed by atoms with Crippen LogP contribution in [0.1, 0.15) is 29.4 Å². The minimum absolute atomic E-state index is 0.0153. The van der Waals surface area contributed by atoms with E-state index in [2.05, 4.69) is 10.1 Å². The normalized spacial score (nSPS) is 17.1. The highest BCUT2D eigenvalue weighted by molar-refractivity contribution is 6.34. The number of benzene rings is 2. The second-order valence-corrected chi connectivity index (χ2v) is 7.04. The summed E-state index contributed by atoms with van der Waals surface area (Å²) in [5.74, 6) is 0.913. The average Bonchev–Trinajstić information content (AvgIpc) is 3.22. The molecule has 1 atom stereocenters. The Balaban J connectivity index is 1.60. The van der Waals surface area contributed by atoms with Gasteiger partial charge in [0.2, 0.25) is 17.6 Å². The topological polar surface area (TPSA) is 59.2 Å². The van der Waals surface area contributed by atoms with Gasteiger partial charge in [-0.15, -0.1) is 0 Å². The minimum Gasteiger partial charge on any atom is -0.339 e. The summed E-state index contributed by atoms with van der Waals surface area (Å²) < 4.78 is 5.46. The van der Waals surface area contributed by atoms with Crippen molar-refractivity contribution in [2.45, 2.75) is 26.2 Å². The van der Waals surface area contributed by atoms with Crippen LogP contribution in [0, 0.1) is 13.8 Å². The summed E-state index contributed by atoms with van der Waals surface area (Å²) in [4.78, 5) is 18.8. The molecule has 2 heterocycles. The van der Waals surface area contributed by atoms with Crippen LogP contribution in [0.4, 0.5) is 5.69 Å². The number of amides is 1. The Hall–Kier alpha value is -2.66. The van der Waals surface area contributed by atoms with E-state index in [0.717, 1.165) is 22.4 Å². The molecular formula is C20H18ClN3O2. The number of halogens is 1. The molecule has 26 heavy (non-hydrogen) atoms. The largest absolute Gasteiger partial charge is 0.339 e. The van der Waals surface area contributed by atoms with Crippen LogP contribution in [-0.2, 0) is 4.79 Å². The lowest BCUT2D eigenvalue weighted by Gasteiger charge is -2.20. The van der Waals surface area contributed by atoms with Crippen LogP contribution >= 0.6 is 11.6 Å². The third-order valence-electron chi connectivity index (χ3n) is 4.65. The van der Waals surface area contributed by atoms with Crippen molar-refractivity contribution < 1.29 is 9.32 Å². The molecule has 6 heteroatoms. The lowest BCUT2D eigenvalue weighted by Crippen LogP contribution is -2.25. The van der Waals surface area contributed by atoms with E-state index in [1.165, 1.54) is 0 Å². The number of aryl methyl sites for hydroxylation is 2. The number of hydrogen-bond donors (Lipinski definition) is 0. The zero-order valence-electron chi connectivity index (χ0n) is 14.6. The molecule has 5 nitrogen and oxygen atoms in total. The number of nitrogens with zero attached hydrogens (tertiary/aromatic N) is 3. The maximum Gasteiger partial charge on any atom is 0.232 e. The van der Waals surface area contributed by atoms with Crippen molar-refractivity contribution in [3.63, 3.8) is 0 Å². The van der Waals surface area contributed by atoms with Gasteiger partial charge in [-0.05, 0) is 31.5 Å². The first-order valence-electron chi connectivity index (χ1n) is 8.49. The smallest absolute Gasteiger partial charge is 0.232 e. The molecule has 1 aliphatic rings. The fraction of sp³-hybridized carbons (Fsp3) is 0.250. The average molecular weight is 368 g/mol. The summed E-state index contributed by atoms with van der Waals surface area (Å²) in [6.45, 7) is 4.45. The molecule has 0 saturated carbocycles. The summed E-state index contributed by atoms with van der Waals surface area (Å²) in [5.41, 5.74) is 3.77. The Bertz CT molecular complexity index is 962. The quantitative estimate of drug-likeness (QED) is 0.682. The third-order valence-corrected chi connectivity index (χ3v) is 4.96. The molecule has 1 saturated heterocycles. The molecule has 2 aromatic carbocycles. The van der Waals surface area contributed by atoms with Gasteiger partial charge in [0.25, 0.3) is 0 Å². The number of carbonyl (C=O) groups is 1. The van der Waals surface area contributed by atoms with Crippen LogP contribution in [0.25, 0.3) is 11.4 Å². The Morgan fingerprint density at radius 1 is 1.19 bits per heavy atom. The van der Waals surface area contributed by atoms with Gasteiger partial charge >= 0.3 is 0 Å². The van der Waals surface area contributed by atoms with Gasteiger partial charge in [0.15, 0.2) is 0 Å². The number of para-hydroxylation sites is 1. The predicted molar refractivity (Wildman–Crippen MR) is 100 cm³/mol. The van der Waals surface area contributed by atoms with Gasteiger partial charge in [-0.2, -0.15) is 4.98 Å². The van der Waals surface area contributed by atoms with Crippen molar-refractivity contribution in [1.29, 1.82) is 0 Å². The molecule has 0 aliphatic carbocycles. The molecule has 1 fully saturated rings. The zero-order chi connectivity index (χ0) is 18.3. The highest BCUT2D eigenvalue weighted by atomic mass is 35.5. The maximum atomic E-state index is 12.6. The lowest BCUT2D eigenvalue weighted by molar-refractivity contribution is -0.117.